The third kappa shape index (κ3) is 3.77. The van der Waals surface area contributed by atoms with Crippen molar-refractivity contribution in [2.45, 2.75) is 18.2 Å². The molecule has 4 nitrogen and oxygen atoms in total. The van der Waals surface area contributed by atoms with E-state index < -0.39 is 10.0 Å². The Hall–Kier alpha value is -1.53. The van der Waals surface area contributed by atoms with Crippen LogP contribution in [0.1, 0.15) is 12.5 Å². The van der Waals surface area contributed by atoms with Crippen LogP contribution in [-0.2, 0) is 16.4 Å². The number of ether oxygens (including phenoxy) is 1. The molecule has 1 N–H and O–H groups in total. The summed E-state index contributed by atoms with van der Waals surface area (Å²) in [4.78, 5) is 0.176. The van der Waals surface area contributed by atoms with Crippen LogP contribution in [0.15, 0.2) is 51.8 Å². The number of sulfonamides is 1. The van der Waals surface area contributed by atoms with Gasteiger partial charge in [0.25, 0.3) is 10.0 Å². The molecule has 2 rings (SSSR count). The van der Waals surface area contributed by atoms with E-state index in [1.54, 1.807) is 18.2 Å². The summed E-state index contributed by atoms with van der Waals surface area (Å²) in [5, 5.41) is 0. The summed E-state index contributed by atoms with van der Waals surface area (Å²) in [7, 11) is -2.09. The number of rotatable bonds is 5. The Balaban J connectivity index is 2.26. The van der Waals surface area contributed by atoms with E-state index in [1.807, 2.05) is 19.1 Å². The molecule has 2 aromatic rings. The molecule has 2 aromatic carbocycles. The first kappa shape index (κ1) is 15.9. The van der Waals surface area contributed by atoms with E-state index in [9.17, 15) is 8.42 Å². The van der Waals surface area contributed by atoms with E-state index in [1.165, 1.54) is 19.2 Å². The maximum atomic E-state index is 12.3. The van der Waals surface area contributed by atoms with Crippen molar-refractivity contribution in [3.8, 4) is 5.75 Å². The predicted octanol–water partition coefficient (Wildman–Crippen LogP) is 3.82. The standard InChI is InChI=1S/C15H16BrNO3S/c1-3-11-4-6-12(7-5-11)17-21(18,19)13-8-9-15(20-2)14(16)10-13/h4-10,17H,3H2,1-2H3. The molecule has 21 heavy (non-hydrogen) atoms. The molecule has 0 aliphatic rings. The lowest BCUT2D eigenvalue weighted by Gasteiger charge is -2.10. The van der Waals surface area contributed by atoms with Gasteiger partial charge in [-0.25, -0.2) is 8.42 Å². The average Bonchev–Trinajstić information content (AvgIpc) is 2.47. The van der Waals surface area contributed by atoms with Crippen molar-refractivity contribution in [1.29, 1.82) is 0 Å². The van der Waals surface area contributed by atoms with Crippen LogP contribution in [0, 0.1) is 0 Å². The zero-order valence-corrected chi connectivity index (χ0v) is 14.2. The SMILES string of the molecule is CCc1ccc(NS(=O)(=O)c2ccc(OC)c(Br)c2)cc1. The third-order valence-electron chi connectivity index (χ3n) is 3.05. The van der Waals surface area contributed by atoms with Crippen molar-refractivity contribution in [1.82, 2.24) is 0 Å². The molecule has 0 saturated heterocycles. The van der Waals surface area contributed by atoms with Gasteiger partial charge in [-0.05, 0) is 58.2 Å². The zero-order chi connectivity index (χ0) is 15.5. The third-order valence-corrected chi connectivity index (χ3v) is 5.05. The Kier molecular flexibility index (Phi) is 4.90. The van der Waals surface area contributed by atoms with Crippen LogP contribution in [0.2, 0.25) is 0 Å². The van der Waals surface area contributed by atoms with Crippen molar-refractivity contribution in [2.24, 2.45) is 0 Å². The molecule has 0 spiro atoms. The van der Waals surface area contributed by atoms with Gasteiger partial charge in [0.2, 0.25) is 0 Å². The Labute approximate surface area is 133 Å². The van der Waals surface area contributed by atoms with E-state index in [-0.39, 0.29) is 4.90 Å². The Bertz CT molecular complexity index is 727. The minimum Gasteiger partial charge on any atom is -0.496 e. The number of methoxy groups -OCH3 is 1. The summed E-state index contributed by atoms with van der Waals surface area (Å²) < 4.78 is 32.9. The van der Waals surface area contributed by atoms with E-state index in [0.717, 1.165) is 12.0 Å². The van der Waals surface area contributed by atoms with Gasteiger partial charge in [0.1, 0.15) is 5.75 Å². The lowest BCUT2D eigenvalue weighted by atomic mass is 10.2. The molecular weight excluding hydrogens is 354 g/mol. The summed E-state index contributed by atoms with van der Waals surface area (Å²) in [6.07, 6.45) is 0.915. The predicted molar refractivity (Wildman–Crippen MR) is 87.3 cm³/mol. The highest BCUT2D eigenvalue weighted by Gasteiger charge is 2.16. The molecule has 0 saturated carbocycles. The normalized spacial score (nSPS) is 11.2. The van der Waals surface area contributed by atoms with Gasteiger partial charge in [0.15, 0.2) is 0 Å². The average molecular weight is 370 g/mol. The van der Waals surface area contributed by atoms with Gasteiger partial charge in [0, 0.05) is 5.69 Å². The maximum absolute atomic E-state index is 12.3. The van der Waals surface area contributed by atoms with Crippen LogP contribution in [0.25, 0.3) is 0 Å². The number of nitrogens with one attached hydrogen (secondary N) is 1. The van der Waals surface area contributed by atoms with E-state index in [0.29, 0.717) is 15.9 Å². The monoisotopic (exact) mass is 369 g/mol. The highest BCUT2D eigenvalue weighted by atomic mass is 79.9. The molecule has 0 unspecified atom stereocenters. The summed E-state index contributed by atoms with van der Waals surface area (Å²) in [5.74, 6) is 0.584. The van der Waals surface area contributed by atoms with Gasteiger partial charge in [0.05, 0.1) is 16.5 Å². The lowest BCUT2D eigenvalue weighted by molar-refractivity contribution is 0.411. The molecule has 0 aliphatic heterocycles. The fourth-order valence-electron chi connectivity index (χ4n) is 1.84. The van der Waals surface area contributed by atoms with Gasteiger partial charge >= 0.3 is 0 Å². The number of aryl methyl sites for hydroxylation is 1. The van der Waals surface area contributed by atoms with Crippen molar-refractivity contribution in [2.75, 3.05) is 11.8 Å². The molecule has 0 amide bonds. The van der Waals surface area contributed by atoms with Crippen molar-refractivity contribution in [3.63, 3.8) is 0 Å². The smallest absolute Gasteiger partial charge is 0.261 e. The first-order valence-electron chi connectivity index (χ1n) is 6.41. The van der Waals surface area contributed by atoms with Gasteiger partial charge < -0.3 is 4.74 Å². The minimum atomic E-state index is -3.62. The molecule has 0 atom stereocenters. The molecule has 112 valence electrons. The first-order valence-corrected chi connectivity index (χ1v) is 8.69. The summed E-state index contributed by atoms with van der Waals surface area (Å²) in [5.41, 5.74) is 1.70. The van der Waals surface area contributed by atoms with Gasteiger partial charge in [-0.15, -0.1) is 0 Å². The van der Waals surface area contributed by atoms with Crippen LogP contribution in [0.3, 0.4) is 0 Å². The van der Waals surface area contributed by atoms with Crippen molar-refractivity contribution in [3.05, 3.63) is 52.5 Å². The fourth-order valence-corrected chi connectivity index (χ4v) is 3.61. The summed E-state index contributed by atoms with van der Waals surface area (Å²) in [6.45, 7) is 2.05. The van der Waals surface area contributed by atoms with Crippen LogP contribution >= 0.6 is 15.9 Å². The number of hydrogen-bond donors (Lipinski definition) is 1. The molecule has 0 heterocycles. The van der Waals surface area contributed by atoms with Gasteiger partial charge in [-0.2, -0.15) is 0 Å². The first-order chi connectivity index (χ1) is 9.96. The highest BCUT2D eigenvalue weighted by molar-refractivity contribution is 9.10. The maximum Gasteiger partial charge on any atom is 0.261 e. The largest absolute Gasteiger partial charge is 0.496 e. The number of anilines is 1. The quantitative estimate of drug-likeness (QED) is 0.871. The highest BCUT2D eigenvalue weighted by Crippen LogP contribution is 2.28. The van der Waals surface area contributed by atoms with Crippen LogP contribution < -0.4 is 9.46 Å². The molecule has 6 heteroatoms. The molecule has 0 aromatic heterocycles. The number of benzene rings is 2. The lowest BCUT2D eigenvalue weighted by Crippen LogP contribution is -2.13. The molecule has 0 bridgehead atoms. The fraction of sp³-hybridized carbons (Fsp3) is 0.200. The second kappa shape index (κ2) is 6.49. The van der Waals surface area contributed by atoms with Crippen molar-refractivity contribution >= 4 is 31.6 Å². The molecular formula is C15H16BrNO3S. The van der Waals surface area contributed by atoms with Crippen LogP contribution in [0.4, 0.5) is 5.69 Å². The van der Waals surface area contributed by atoms with Crippen molar-refractivity contribution < 1.29 is 13.2 Å². The van der Waals surface area contributed by atoms with Crippen LogP contribution in [0.5, 0.6) is 5.75 Å². The Morgan fingerprint density at radius 1 is 1.14 bits per heavy atom. The molecule has 0 fully saturated rings. The molecule has 0 radical (unpaired) electrons. The van der Waals surface area contributed by atoms with Crippen LogP contribution in [-0.4, -0.2) is 15.5 Å². The molecule has 0 aliphatic carbocycles. The van der Waals surface area contributed by atoms with Gasteiger partial charge in [-0.3, -0.25) is 4.72 Å². The van der Waals surface area contributed by atoms with E-state index in [4.69, 9.17) is 4.74 Å². The Morgan fingerprint density at radius 2 is 1.81 bits per heavy atom. The summed E-state index contributed by atoms with van der Waals surface area (Å²) in [6, 6.07) is 12.0. The van der Waals surface area contributed by atoms with E-state index in [2.05, 4.69) is 20.7 Å². The zero-order valence-electron chi connectivity index (χ0n) is 11.8. The topological polar surface area (TPSA) is 55.4 Å². The Morgan fingerprint density at radius 3 is 2.33 bits per heavy atom. The summed E-state index contributed by atoms with van der Waals surface area (Å²) >= 11 is 3.29. The second-order valence-corrected chi connectivity index (χ2v) is 6.99. The van der Waals surface area contributed by atoms with Gasteiger partial charge in [-0.1, -0.05) is 19.1 Å². The minimum absolute atomic E-state index is 0.176. The number of halogens is 1. The van der Waals surface area contributed by atoms with E-state index >= 15 is 0 Å². The number of hydrogen-bond acceptors (Lipinski definition) is 3. The second-order valence-electron chi connectivity index (χ2n) is 4.45.